The van der Waals surface area contributed by atoms with Crippen LogP contribution < -0.4 is 0 Å². The molecular formula is C18H24OS. The van der Waals surface area contributed by atoms with Crippen molar-refractivity contribution in [2.45, 2.75) is 44.9 Å². The number of hydrogen-bond donors (Lipinski definition) is 1. The minimum atomic E-state index is 0.328. The number of aliphatic hydroxyl groups is 1. The summed E-state index contributed by atoms with van der Waals surface area (Å²) in [4.78, 5) is 1.55. The van der Waals surface area contributed by atoms with Crippen molar-refractivity contribution < 1.29 is 5.11 Å². The lowest BCUT2D eigenvalue weighted by molar-refractivity contribution is 0.283. The lowest BCUT2D eigenvalue weighted by Crippen LogP contribution is -1.93. The van der Waals surface area contributed by atoms with Crippen LogP contribution >= 0.6 is 11.3 Å². The zero-order valence-corrected chi connectivity index (χ0v) is 12.9. The number of aryl methyl sites for hydroxylation is 3. The quantitative estimate of drug-likeness (QED) is 0.667. The van der Waals surface area contributed by atoms with Crippen LogP contribution in [0.3, 0.4) is 0 Å². The highest BCUT2D eigenvalue weighted by Crippen LogP contribution is 2.21. The normalized spacial score (nSPS) is 10.8. The van der Waals surface area contributed by atoms with Gasteiger partial charge in [0.05, 0.1) is 0 Å². The second-order valence-electron chi connectivity index (χ2n) is 5.24. The predicted octanol–water partition coefficient (Wildman–Crippen LogP) is 4.63. The van der Waals surface area contributed by atoms with Crippen LogP contribution in [-0.4, -0.2) is 11.7 Å². The summed E-state index contributed by atoms with van der Waals surface area (Å²) < 4.78 is 0. The van der Waals surface area contributed by atoms with Crippen molar-refractivity contribution in [3.05, 3.63) is 57.8 Å². The van der Waals surface area contributed by atoms with Gasteiger partial charge in [-0.2, -0.15) is 0 Å². The maximum atomic E-state index is 8.81. The summed E-state index contributed by atoms with van der Waals surface area (Å²) in [6.07, 6.45) is 8.04. The first kappa shape index (κ1) is 15.3. The summed E-state index contributed by atoms with van der Waals surface area (Å²) in [6.45, 7) is 0.328. The lowest BCUT2D eigenvalue weighted by Gasteiger charge is -2.04. The van der Waals surface area contributed by atoms with Gasteiger partial charge in [0.15, 0.2) is 0 Å². The maximum Gasteiger partial charge on any atom is 0.0431 e. The standard InChI is InChI=1S/C18H24OS/c19-14-6-2-5-12-18-17(13-15-20-18)11-7-10-16-8-3-1-4-9-16/h1,3-4,8-9,13,15,19H,2,5-7,10-12,14H2. The van der Waals surface area contributed by atoms with Crippen molar-refractivity contribution in [1.29, 1.82) is 0 Å². The van der Waals surface area contributed by atoms with E-state index >= 15 is 0 Å². The first-order chi connectivity index (χ1) is 9.90. The van der Waals surface area contributed by atoms with Crippen LogP contribution in [0.5, 0.6) is 0 Å². The van der Waals surface area contributed by atoms with Crippen molar-refractivity contribution in [2.24, 2.45) is 0 Å². The second kappa shape index (κ2) is 8.93. The molecule has 1 nitrogen and oxygen atoms in total. The summed E-state index contributed by atoms with van der Waals surface area (Å²) in [5, 5.41) is 11.0. The monoisotopic (exact) mass is 288 g/mol. The van der Waals surface area contributed by atoms with Crippen LogP contribution in [0.25, 0.3) is 0 Å². The Kier molecular flexibility index (Phi) is 6.82. The maximum absolute atomic E-state index is 8.81. The van der Waals surface area contributed by atoms with Crippen LogP contribution in [0.15, 0.2) is 41.8 Å². The molecule has 0 saturated carbocycles. The summed E-state index contributed by atoms with van der Waals surface area (Å²) in [7, 11) is 0. The van der Waals surface area contributed by atoms with Crippen LogP contribution in [0.2, 0.25) is 0 Å². The highest BCUT2D eigenvalue weighted by Gasteiger charge is 2.04. The summed E-state index contributed by atoms with van der Waals surface area (Å²) in [5.41, 5.74) is 2.97. The van der Waals surface area contributed by atoms with Crippen molar-refractivity contribution in [3.8, 4) is 0 Å². The van der Waals surface area contributed by atoms with E-state index in [2.05, 4.69) is 41.8 Å². The molecular weight excluding hydrogens is 264 g/mol. The largest absolute Gasteiger partial charge is 0.396 e. The molecule has 1 aromatic heterocycles. The highest BCUT2D eigenvalue weighted by molar-refractivity contribution is 7.10. The van der Waals surface area contributed by atoms with E-state index in [9.17, 15) is 0 Å². The average molecular weight is 288 g/mol. The van der Waals surface area contributed by atoms with Crippen LogP contribution in [0, 0.1) is 0 Å². The third-order valence-corrected chi connectivity index (χ3v) is 4.68. The van der Waals surface area contributed by atoms with Crippen molar-refractivity contribution in [1.82, 2.24) is 0 Å². The molecule has 0 fully saturated rings. The molecule has 0 bridgehead atoms. The zero-order chi connectivity index (χ0) is 14.0. The summed E-state index contributed by atoms with van der Waals surface area (Å²) in [6, 6.07) is 13.0. The van der Waals surface area contributed by atoms with Crippen molar-refractivity contribution in [2.75, 3.05) is 6.61 Å². The zero-order valence-electron chi connectivity index (χ0n) is 12.1. The van der Waals surface area contributed by atoms with Gasteiger partial charge in [0.1, 0.15) is 0 Å². The molecule has 0 saturated heterocycles. The molecule has 0 amide bonds. The fraction of sp³-hybridized carbons (Fsp3) is 0.444. The molecule has 0 aliphatic rings. The van der Waals surface area contributed by atoms with E-state index in [0.29, 0.717) is 6.61 Å². The Morgan fingerprint density at radius 3 is 2.45 bits per heavy atom. The van der Waals surface area contributed by atoms with E-state index < -0.39 is 0 Å². The van der Waals surface area contributed by atoms with Gasteiger partial charge in [-0.25, -0.2) is 0 Å². The molecule has 0 aliphatic heterocycles. The minimum absolute atomic E-state index is 0.328. The van der Waals surface area contributed by atoms with Crippen molar-refractivity contribution in [3.63, 3.8) is 0 Å². The molecule has 0 unspecified atom stereocenters. The van der Waals surface area contributed by atoms with Gasteiger partial charge in [-0.3, -0.25) is 0 Å². The molecule has 20 heavy (non-hydrogen) atoms. The molecule has 2 rings (SSSR count). The van der Waals surface area contributed by atoms with Gasteiger partial charge in [0, 0.05) is 11.5 Å². The smallest absolute Gasteiger partial charge is 0.0431 e. The third-order valence-electron chi connectivity index (χ3n) is 3.65. The Morgan fingerprint density at radius 2 is 1.65 bits per heavy atom. The first-order valence-electron chi connectivity index (χ1n) is 7.60. The number of rotatable bonds is 9. The molecule has 0 radical (unpaired) electrons. The molecule has 108 valence electrons. The molecule has 2 heteroatoms. The molecule has 0 aliphatic carbocycles. The fourth-order valence-corrected chi connectivity index (χ4v) is 3.49. The van der Waals surface area contributed by atoms with E-state index in [4.69, 9.17) is 5.11 Å². The Bertz CT molecular complexity index is 475. The topological polar surface area (TPSA) is 20.2 Å². The number of benzene rings is 1. The summed E-state index contributed by atoms with van der Waals surface area (Å²) in [5.74, 6) is 0. The van der Waals surface area contributed by atoms with E-state index in [1.54, 1.807) is 4.88 Å². The van der Waals surface area contributed by atoms with E-state index in [-0.39, 0.29) is 0 Å². The minimum Gasteiger partial charge on any atom is -0.396 e. The Balaban J connectivity index is 1.74. The number of unbranched alkanes of at least 4 members (excludes halogenated alkanes) is 2. The van der Waals surface area contributed by atoms with Gasteiger partial charge >= 0.3 is 0 Å². The van der Waals surface area contributed by atoms with Gasteiger partial charge in [-0.15, -0.1) is 11.3 Å². The number of hydrogen-bond acceptors (Lipinski definition) is 2. The van der Waals surface area contributed by atoms with E-state index in [1.807, 2.05) is 11.3 Å². The van der Waals surface area contributed by atoms with Crippen LogP contribution in [-0.2, 0) is 19.3 Å². The second-order valence-corrected chi connectivity index (χ2v) is 6.24. The molecule has 0 spiro atoms. The first-order valence-corrected chi connectivity index (χ1v) is 8.48. The van der Waals surface area contributed by atoms with E-state index in [1.165, 1.54) is 43.2 Å². The van der Waals surface area contributed by atoms with Gasteiger partial charge in [0.2, 0.25) is 0 Å². The Labute approximate surface area is 126 Å². The predicted molar refractivity (Wildman–Crippen MR) is 87.4 cm³/mol. The van der Waals surface area contributed by atoms with Crippen molar-refractivity contribution >= 4 is 11.3 Å². The van der Waals surface area contributed by atoms with Gasteiger partial charge in [-0.1, -0.05) is 36.8 Å². The Hall–Kier alpha value is -1.12. The number of thiophene rings is 1. The van der Waals surface area contributed by atoms with E-state index in [0.717, 1.165) is 12.8 Å². The van der Waals surface area contributed by atoms with Gasteiger partial charge in [0.25, 0.3) is 0 Å². The molecule has 0 atom stereocenters. The third kappa shape index (κ3) is 5.10. The SMILES string of the molecule is OCCCCCc1sccc1CCCc1ccccc1. The Morgan fingerprint density at radius 1 is 0.800 bits per heavy atom. The number of aliphatic hydroxyl groups excluding tert-OH is 1. The average Bonchev–Trinajstić information content (AvgIpc) is 2.92. The molecule has 1 aromatic carbocycles. The van der Waals surface area contributed by atoms with Crippen LogP contribution in [0.4, 0.5) is 0 Å². The molecule has 1 N–H and O–H groups in total. The molecule has 2 aromatic rings. The molecule has 1 heterocycles. The van der Waals surface area contributed by atoms with Crippen LogP contribution in [0.1, 0.15) is 41.7 Å². The van der Waals surface area contributed by atoms with Gasteiger partial charge in [-0.05, 0) is 61.1 Å². The van der Waals surface area contributed by atoms with Gasteiger partial charge < -0.3 is 5.11 Å². The lowest BCUT2D eigenvalue weighted by atomic mass is 10.0. The fourth-order valence-electron chi connectivity index (χ4n) is 2.51. The summed E-state index contributed by atoms with van der Waals surface area (Å²) >= 11 is 1.89. The highest BCUT2D eigenvalue weighted by atomic mass is 32.1.